The van der Waals surface area contributed by atoms with Crippen LogP contribution in [0.2, 0.25) is 0 Å². The fourth-order valence-corrected chi connectivity index (χ4v) is 5.70. The molecule has 1 saturated heterocycles. The van der Waals surface area contributed by atoms with E-state index >= 15 is 0 Å². The summed E-state index contributed by atoms with van der Waals surface area (Å²) >= 11 is 0.665. The Kier molecular flexibility index (Phi) is 6.75. The summed E-state index contributed by atoms with van der Waals surface area (Å²) in [7, 11) is -3.38. The number of oxime groups is 1. The molecule has 4 rings (SSSR count). The molecular formula is C21H23FN4O5S2. The molecular weight excluding hydrogens is 471 g/mol. The first-order valence-corrected chi connectivity index (χ1v) is 12.9. The van der Waals surface area contributed by atoms with E-state index in [0.717, 1.165) is 12.6 Å². The SMILES string of the molecule is CC(=O)N1CCC[C@@H](O/N=C(/C(=O)Nc2ncc(F)s2)c2ccc(S(=O)(=O)C3CC3)cc2)C1. The molecule has 9 nitrogen and oxygen atoms in total. The number of rotatable bonds is 7. The van der Waals surface area contributed by atoms with Gasteiger partial charge in [0.25, 0.3) is 5.91 Å². The van der Waals surface area contributed by atoms with Crippen molar-refractivity contribution in [2.24, 2.45) is 5.16 Å². The Labute approximate surface area is 194 Å². The summed E-state index contributed by atoms with van der Waals surface area (Å²) in [6.07, 6.45) is 3.30. The summed E-state index contributed by atoms with van der Waals surface area (Å²) in [6, 6.07) is 5.85. The molecule has 12 heteroatoms. The normalized spacial score (nSPS) is 19.3. The van der Waals surface area contributed by atoms with Crippen LogP contribution < -0.4 is 5.32 Å². The van der Waals surface area contributed by atoms with E-state index in [9.17, 15) is 22.4 Å². The van der Waals surface area contributed by atoms with Gasteiger partial charge in [-0.25, -0.2) is 13.4 Å². The molecule has 2 amide bonds. The highest BCUT2D eigenvalue weighted by Crippen LogP contribution is 2.33. The predicted molar refractivity (Wildman–Crippen MR) is 120 cm³/mol. The largest absolute Gasteiger partial charge is 0.390 e. The molecule has 0 unspecified atom stereocenters. The number of benzene rings is 1. The van der Waals surface area contributed by atoms with Gasteiger partial charge in [-0.1, -0.05) is 28.6 Å². The van der Waals surface area contributed by atoms with Crippen LogP contribution in [0, 0.1) is 5.13 Å². The number of sulfone groups is 1. The fraction of sp³-hybridized carbons (Fsp3) is 0.429. The number of hydrogen-bond donors (Lipinski definition) is 1. The minimum absolute atomic E-state index is 0.0542. The third-order valence-electron chi connectivity index (χ3n) is 5.45. The van der Waals surface area contributed by atoms with Crippen LogP contribution >= 0.6 is 11.3 Å². The second-order valence-corrected chi connectivity index (χ2v) is 11.2. The first-order chi connectivity index (χ1) is 15.7. The number of amides is 2. The maximum Gasteiger partial charge on any atom is 0.280 e. The summed E-state index contributed by atoms with van der Waals surface area (Å²) in [6.45, 7) is 2.47. The molecule has 33 heavy (non-hydrogen) atoms. The highest BCUT2D eigenvalue weighted by Gasteiger charge is 2.36. The van der Waals surface area contributed by atoms with Gasteiger partial charge >= 0.3 is 0 Å². The quantitative estimate of drug-likeness (QED) is 0.467. The zero-order valence-corrected chi connectivity index (χ0v) is 19.5. The van der Waals surface area contributed by atoms with Crippen LogP contribution in [0.4, 0.5) is 9.52 Å². The van der Waals surface area contributed by atoms with Crippen molar-refractivity contribution in [3.05, 3.63) is 41.2 Å². The fourth-order valence-electron chi connectivity index (χ4n) is 3.50. The number of carbonyl (C=O) groups is 2. The van der Waals surface area contributed by atoms with E-state index in [1.165, 1.54) is 31.2 Å². The number of carbonyl (C=O) groups excluding carboxylic acids is 2. The van der Waals surface area contributed by atoms with Crippen molar-refractivity contribution < 1.29 is 27.2 Å². The first-order valence-electron chi connectivity index (χ1n) is 10.5. The van der Waals surface area contributed by atoms with Gasteiger partial charge in [-0.2, -0.15) is 4.39 Å². The number of piperidine rings is 1. The zero-order valence-electron chi connectivity index (χ0n) is 17.9. The lowest BCUT2D eigenvalue weighted by Gasteiger charge is -2.30. The Balaban J connectivity index is 1.57. The van der Waals surface area contributed by atoms with Gasteiger partial charge in [-0.3, -0.25) is 14.9 Å². The van der Waals surface area contributed by atoms with Crippen molar-refractivity contribution in [2.75, 3.05) is 18.4 Å². The highest BCUT2D eigenvalue weighted by atomic mass is 32.2. The molecule has 0 bridgehead atoms. The number of halogens is 1. The molecule has 2 aromatic rings. The number of nitrogens with one attached hydrogen (secondary N) is 1. The van der Waals surface area contributed by atoms with E-state index in [1.54, 1.807) is 4.90 Å². The third-order valence-corrected chi connectivity index (χ3v) is 8.43. The second-order valence-electron chi connectivity index (χ2n) is 7.97. The number of hydrogen-bond acceptors (Lipinski definition) is 8. The Morgan fingerprint density at radius 2 is 1.97 bits per heavy atom. The molecule has 1 saturated carbocycles. The van der Waals surface area contributed by atoms with Gasteiger partial charge in [0, 0.05) is 19.0 Å². The molecule has 2 aliphatic rings. The van der Waals surface area contributed by atoms with Crippen LogP contribution in [0.15, 0.2) is 40.5 Å². The molecule has 1 atom stereocenters. The minimum Gasteiger partial charge on any atom is -0.390 e. The summed E-state index contributed by atoms with van der Waals surface area (Å²) in [5.41, 5.74) is 0.222. The number of aromatic nitrogens is 1. The predicted octanol–water partition coefficient (Wildman–Crippen LogP) is 2.59. The van der Waals surface area contributed by atoms with Crippen LogP contribution in [0.25, 0.3) is 0 Å². The molecule has 2 fully saturated rings. The lowest BCUT2D eigenvalue weighted by molar-refractivity contribution is -0.133. The topological polar surface area (TPSA) is 118 Å². The van der Waals surface area contributed by atoms with Crippen molar-refractivity contribution in [1.82, 2.24) is 9.88 Å². The third kappa shape index (κ3) is 5.56. The van der Waals surface area contributed by atoms with Crippen LogP contribution in [0.5, 0.6) is 0 Å². The van der Waals surface area contributed by atoms with Crippen LogP contribution in [-0.2, 0) is 24.3 Å². The standard InChI is InChI=1S/C21H23FN4O5S2/c1-13(27)26-10-2-3-15(12-26)31-25-19(20(28)24-21-23-11-18(22)32-21)14-4-6-16(7-5-14)33(29,30)17-8-9-17/h4-7,11,15,17H,2-3,8-10,12H2,1H3,(H,23,24,28)/b25-19+/t15-/m1/s1. The van der Waals surface area contributed by atoms with E-state index in [1.807, 2.05) is 0 Å². The van der Waals surface area contributed by atoms with Gasteiger partial charge < -0.3 is 9.74 Å². The lowest BCUT2D eigenvalue weighted by atomic mass is 10.1. The number of anilines is 1. The van der Waals surface area contributed by atoms with E-state index in [-0.39, 0.29) is 26.9 Å². The van der Waals surface area contributed by atoms with Gasteiger partial charge in [0.15, 0.2) is 25.8 Å². The van der Waals surface area contributed by atoms with Crippen molar-refractivity contribution in [3.63, 3.8) is 0 Å². The molecule has 176 valence electrons. The van der Waals surface area contributed by atoms with E-state index < -0.39 is 27.0 Å². The highest BCUT2D eigenvalue weighted by molar-refractivity contribution is 7.92. The maximum atomic E-state index is 13.3. The smallest absolute Gasteiger partial charge is 0.280 e. The summed E-state index contributed by atoms with van der Waals surface area (Å²) < 4.78 is 38.2. The molecule has 0 spiro atoms. The Hall–Kier alpha value is -2.86. The Morgan fingerprint density at radius 3 is 2.58 bits per heavy atom. The molecule has 1 aromatic heterocycles. The van der Waals surface area contributed by atoms with Gasteiger partial charge in [0.2, 0.25) is 5.91 Å². The van der Waals surface area contributed by atoms with E-state index in [0.29, 0.717) is 49.3 Å². The maximum absolute atomic E-state index is 13.3. The molecule has 1 N–H and O–H groups in total. The molecule has 0 radical (unpaired) electrons. The van der Waals surface area contributed by atoms with Gasteiger partial charge in [-0.15, -0.1) is 0 Å². The summed E-state index contributed by atoms with van der Waals surface area (Å²) in [4.78, 5) is 35.8. The lowest BCUT2D eigenvalue weighted by Crippen LogP contribution is -2.41. The van der Waals surface area contributed by atoms with Crippen molar-refractivity contribution in [3.8, 4) is 0 Å². The van der Waals surface area contributed by atoms with E-state index in [2.05, 4.69) is 15.5 Å². The van der Waals surface area contributed by atoms with E-state index in [4.69, 9.17) is 4.84 Å². The molecule has 1 aromatic carbocycles. The van der Waals surface area contributed by atoms with Gasteiger partial charge in [-0.05, 0) is 37.8 Å². The van der Waals surface area contributed by atoms with Crippen LogP contribution in [-0.4, -0.2) is 60.3 Å². The van der Waals surface area contributed by atoms with Crippen molar-refractivity contribution in [1.29, 1.82) is 0 Å². The number of thiazole rings is 1. The average Bonchev–Trinajstić information content (AvgIpc) is 3.58. The van der Waals surface area contributed by atoms with Crippen LogP contribution in [0.3, 0.4) is 0 Å². The summed E-state index contributed by atoms with van der Waals surface area (Å²) in [5, 5.41) is 5.69. The Morgan fingerprint density at radius 1 is 1.24 bits per heavy atom. The first kappa shape index (κ1) is 23.3. The van der Waals surface area contributed by atoms with Crippen molar-refractivity contribution in [2.45, 2.75) is 48.9 Å². The zero-order chi connectivity index (χ0) is 23.6. The average molecular weight is 495 g/mol. The van der Waals surface area contributed by atoms with Gasteiger partial charge in [0.05, 0.1) is 22.9 Å². The van der Waals surface area contributed by atoms with Gasteiger partial charge in [0.1, 0.15) is 6.10 Å². The minimum atomic E-state index is -3.38. The van der Waals surface area contributed by atoms with Crippen molar-refractivity contribution >= 4 is 43.8 Å². The summed E-state index contributed by atoms with van der Waals surface area (Å²) in [5.74, 6) is -0.745. The Bertz CT molecular complexity index is 1180. The molecule has 1 aliphatic heterocycles. The molecule has 1 aliphatic carbocycles. The number of nitrogens with zero attached hydrogens (tertiary/aromatic N) is 3. The number of likely N-dealkylation sites (tertiary alicyclic amines) is 1. The van der Waals surface area contributed by atoms with Crippen LogP contribution in [0.1, 0.15) is 38.2 Å². The monoisotopic (exact) mass is 494 g/mol. The second kappa shape index (κ2) is 9.56. The molecule has 2 heterocycles.